The maximum atomic E-state index is 9.28. The average Bonchev–Trinajstić information content (AvgIpc) is 2.40. The van der Waals surface area contributed by atoms with Crippen molar-refractivity contribution in [2.45, 2.75) is 13.0 Å². The first-order valence-corrected chi connectivity index (χ1v) is 5.80. The Balaban J connectivity index is 2.10. The van der Waals surface area contributed by atoms with E-state index in [1.54, 1.807) is 19.5 Å². The molecule has 0 unspecified atom stereocenters. The molecular weight excluding hydrogens is 216 g/mol. The third kappa shape index (κ3) is 2.84. The lowest BCUT2D eigenvalue weighted by atomic mass is 10.1. The highest BCUT2D eigenvalue weighted by molar-refractivity contribution is 5.53. The third-order valence-corrected chi connectivity index (χ3v) is 3.02. The lowest BCUT2D eigenvalue weighted by Crippen LogP contribution is -2.30. The Bertz CT molecular complexity index is 404. The molecule has 17 heavy (non-hydrogen) atoms. The fourth-order valence-electron chi connectivity index (χ4n) is 2.10. The summed E-state index contributed by atoms with van der Waals surface area (Å²) in [4.78, 5) is 6.29. The number of rotatable bonds is 4. The second-order valence-electron chi connectivity index (χ2n) is 4.15. The predicted molar refractivity (Wildman–Crippen MR) is 66.9 cm³/mol. The Kier molecular flexibility index (Phi) is 4.12. The van der Waals surface area contributed by atoms with Crippen molar-refractivity contribution in [1.29, 1.82) is 0 Å². The van der Waals surface area contributed by atoms with Gasteiger partial charge in [0.25, 0.3) is 0 Å². The van der Waals surface area contributed by atoms with Crippen LogP contribution in [0.1, 0.15) is 12.0 Å². The molecule has 0 aliphatic carbocycles. The van der Waals surface area contributed by atoms with Gasteiger partial charge in [0.05, 0.1) is 13.2 Å². The van der Waals surface area contributed by atoms with Crippen LogP contribution < -0.4 is 4.90 Å². The van der Waals surface area contributed by atoms with Gasteiger partial charge in [0, 0.05) is 43.8 Å². The van der Waals surface area contributed by atoms with Crippen molar-refractivity contribution < 1.29 is 9.84 Å². The minimum Gasteiger partial charge on any atom is -0.392 e. The number of aliphatic hydroxyl groups excluding tert-OH is 1. The van der Waals surface area contributed by atoms with Crippen LogP contribution >= 0.6 is 0 Å². The van der Waals surface area contributed by atoms with Crippen molar-refractivity contribution in [3.05, 3.63) is 35.7 Å². The number of hydrogen-bond donors (Lipinski definition) is 1. The summed E-state index contributed by atoms with van der Waals surface area (Å²) in [7, 11) is 1.72. The van der Waals surface area contributed by atoms with Gasteiger partial charge >= 0.3 is 0 Å². The lowest BCUT2D eigenvalue weighted by Gasteiger charge is -2.29. The Morgan fingerprint density at radius 2 is 2.41 bits per heavy atom. The van der Waals surface area contributed by atoms with Crippen LogP contribution in [-0.4, -0.2) is 36.9 Å². The van der Waals surface area contributed by atoms with E-state index < -0.39 is 0 Å². The minimum absolute atomic E-state index is 0.0360. The molecule has 1 aliphatic rings. The maximum Gasteiger partial charge on any atom is 0.0717 e. The maximum absolute atomic E-state index is 9.28. The van der Waals surface area contributed by atoms with Gasteiger partial charge in [-0.3, -0.25) is 4.98 Å². The topological polar surface area (TPSA) is 45.6 Å². The van der Waals surface area contributed by atoms with Gasteiger partial charge in [-0.25, -0.2) is 0 Å². The van der Waals surface area contributed by atoms with Gasteiger partial charge in [-0.1, -0.05) is 6.08 Å². The molecule has 4 nitrogen and oxygen atoms in total. The first kappa shape index (κ1) is 12.1. The number of aromatic nitrogens is 1. The number of ether oxygens (including phenoxy) is 1. The molecule has 0 saturated heterocycles. The standard InChI is InChI=1S/C13H18N2O2/c1-17-10-11-3-6-15(7-4-11)13-2-5-14-8-12(13)9-16/h2-3,5,8,16H,4,6-7,9-10H2,1H3. The second-order valence-corrected chi connectivity index (χ2v) is 4.15. The molecular formula is C13H18N2O2. The van der Waals surface area contributed by atoms with Crippen molar-refractivity contribution in [3.63, 3.8) is 0 Å². The average molecular weight is 234 g/mol. The van der Waals surface area contributed by atoms with E-state index in [1.807, 2.05) is 6.07 Å². The molecule has 0 fully saturated rings. The molecule has 1 aromatic heterocycles. The molecule has 92 valence electrons. The smallest absolute Gasteiger partial charge is 0.0717 e. The SMILES string of the molecule is COCC1=CCN(c2ccncc2CO)CC1. The van der Waals surface area contributed by atoms with E-state index >= 15 is 0 Å². The van der Waals surface area contributed by atoms with E-state index in [1.165, 1.54) is 5.57 Å². The van der Waals surface area contributed by atoms with Crippen LogP contribution in [0.4, 0.5) is 5.69 Å². The van der Waals surface area contributed by atoms with E-state index in [0.717, 1.165) is 37.4 Å². The van der Waals surface area contributed by atoms with E-state index in [4.69, 9.17) is 4.74 Å². The highest BCUT2D eigenvalue weighted by Gasteiger charge is 2.14. The Labute approximate surface area is 102 Å². The third-order valence-electron chi connectivity index (χ3n) is 3.02. The Hall–Kier alpha value is -1.39. The van der Waals surface area contributed by atoms with E-state index in [2.05, 4.69) is 16.0 Å². The van der Waals surface area contributed by atoms with Gasteiger partial charge in [0.2, 0.25) is 0 Å². The molecule has 0 atom stereocenters. The normalized spacial score (nSPS) is 15.9. The summed E-state index contributed by atoms with van der Waals surface area (Å²) in [5.41, 5.74) is 3.31. The Morgan fingerprint density at radius 1 is 1.53 bits per heavy atom. The van der Waals surface area contributed by atoms with Crippen molar-refractivity contribution in [3.8, 4) is 0 Å². The number of nitrogens with zero attached hydrogens (tertiary/aromatic N) is 2. The molecule has 0 amide bonds. The van der Waals surface area contributed by atoms with Gasteiger partial charge in [-0.2, -0.15) is 0 Å². The molecule has 0 bridgehead atoms. The van der Waals surface area contributed by atoms with Crippen LogP contribution in [0.3, 0.4) is 0 Å². The summed E-state index contributed by atoms with van der Waals surface area (Å²) in [5, 5.41) is 9.28. The van der Waals surface area contributed by atoms with Gasteiger partial charge < -0.3 is 14.7 Å². The van der Waals surface area contributed by atoms with Crippen molar-refractivity contribution in [2.75, 3.05) is 31.7 Å². The summed E-state index contributed by atoms with van der Waals surface area (Å²) in [5.74, 6) is 0. The van der Waals surface area contributed by atoms with Crippen LogP contribution in [0.5, 0.6) is 0 Å². The van der Waals surface area contributed by atoms with Gasteiger partial charge in [0.1, 0.15) is 0 Å². The number of anilines is 1. The van der Waals surface area contributed by atoms with Gasteiger partial charge in [0.15, 0.2) is 0 Å². The fourth-order valence-corrected chi connectivity index (χ4v) is 2.10. The monoisotopic (exact) mass is 234 g/mol. The minimum atomic E-state index is 0.0360. The highest BCUT2D eigenvalue weighted by atomic mass is 16.5. The zero-order valence-corrected chi connectivity index (χ0v) is 10.1. The molecule has 1 aromatic rings. The van der Waals surface area contributed by atoms with E-state index in [-0.39, 0.29) is 6.61 Å². The number of hydrogen-bond acceptors (Lipinski definition) is 4. The van der Waals surface area contributed by atoms with Crippen LogP contribution in [0.15, 0.2) is 30.1 Å². The lowest BCUT2D eigenvalue weighted by molar-refractivity contribution is 0.222. The van der Waals surface area contributed by atoms with Crippen LogP contribution in [0.25, 0.3) is 0 Å². The zero-order chi connectivity index (χ0) is 12.1. The number of methoxy groups -OCH3 is 1. The fraction of sp³-hybridized carbons (Fsp3) is 0.462. The summed E-state index contributed by atoms with van der Waals surface area (Å²) in [6.45, 7) is 2.59. The van der Waals surface area contributed by atoms with E-state index in [9.17, 15) is 5.11 Å². The predicted octanol–water partition coefficient (Wildman–Crippen LogP) is 1.36. The molecule has 0 spiro atoms. The van der Waals surface area contributed by atoms with Crippen molar-refractivity contribution in [2.24, 2.45) is 0 Å². The molecule has 0 saturated carbocycles. The molecule has 4 heteroatoms. The molecule has 0 aromatic carbocycles. The van der Waals surface area contributed by atoms with Crippen molar-refractivity contribution in [1.82, 2.24) is 4.98 Å². The summed E-state index contributed by atoms with van der Waals surface area (Å²) >= 11 is 0. The summed E-state index contributed by atoms with van der Waals surface area (Å²) < 4.78 is 5.13. The Morgan fingerprint density at radius 3 is 3.06 bits per heavy atom. The molecule has 0 radical (unpaired) electrons. The quantitative estimate of drug-likeness (QED) is 0.799. The molecule has 2 heterocycles. The van der Waals surface area contributed by atoms with E-state index in [0.29, 0.717) is 0 Å². The molecule has 1 aliphatic heterocycles. The van der Waals surface area contributed by atoms with Crippen LogP contribution in [0.2, 0.25) is 0 Å². The second kappa shape index (κ2) is 5.80. The van der Waals surface area contributed by atoms with Crippen molar-refractivity contribution >= 4 is 5.69 Å². The van der Waals surface area contributed by atoms with Gasteiger partial charge in [-0.05, 0) is 18.1 Å². The van der Waals surface area contributed by atoms with Gasteiger partial charge in [-0.15, -0.1) is 0 Å². The number of pyridine rings is 1. The zero-order valence-electron chi connectivity index (χ0n) is 10.1. The number of aliphatic hydroxyl groups is 1. The molecule has 2 rings (SSSR count). The summed E-state index contributed by atoms with van der Waals surface area (Å²) in [6.07, 6.45) is 6.71. The first-order valence-electron chi connectivity index (χ1n) is 5.80. The largest absolute Gasteiger partial charge is 0.392 e. The first-order chi connectivity index (χ1) is 8.35. The summed E-state index contributed by atoms with van der Waals surface area (Å²) in [6, 6.07) is 1.96. The van der Waals surface area contributed by atoms with Crippen LogP contribution in [-0.2, 0) is 11.3 Å². The van der Waals surface area contributed by atoms with Crippen LogP contribution in [0, 0.1) is 0 Å². The highest BCUT2D eigenvalue weighted by Crippen LogP contribution is 2.23. The molecule has 1 N–H and O–H groups in total.